The monoisotopic (exact) mass is 365 g/mol. The number of pyridine rings is 1. The van der Waals surface area contributed by atoms with Gasteiger partial charge in [0.2, 0.25) is 0 Å². The van der Waals surface area contributed by atoms with Crippen LogP contribution in [-0.4, -0.2) is 14.7 Å². The third kappa shape index (κ3) is 4.66. The number of hydrogen-bond donors (Lipinski definition) is 1. The molecule has 6 heteroatoms. The molecule has 23 heavy (non-hydrogen) atoms. The van der Waals surface area contributed by atoms with E-state index in [9.17, 15) is 0 Å². The summed E-state index contributed by atoms with van der Waals surface area (Å²) in [5.41, 5.74) is 3.30. The van der Waals surface area contributed by atoms with E-state index >= 15 is 0 Å². The molecule has 3 aromatic rings. The second kappa shape index (κ2) is 7.60. The van der Waals surface area contributed by atoms with Gasteiger partial charge in [0.15, 0.2) is 5.52 Å². The number of aromatic nitrogens is 3. The molecule has 0 aliphatic carbocycles. The van der Waals surface area contributed by atoms with Gasteiger partial charge in [-0.25, -0.2) is 9.55 Å². The molecule has 1 aromatic carbocycles. The highest BCUT2D eigenvalue weighted by Crippen LogP contribution is 2.36. The molecule has 0 spiro atoms. The number of para-hydroxylation sites is 2. The van der Waals surface area contributed by atoms with Gasteiger partial charge in [0.05, 0.1) is 17.6 Å². The largest absolute Gasteiger partial charge is 1.00 e. The highest BCUT2D eigenvalue weighted by atomic mass is 35.5. The van der Waals surface area contributed by atoms with Crippen molar-refractivity contribution in [3.05, 3.63) is 54.4 Å². The number of aromatic amines is 1. The number of nitrogens with zero attached hydrogens (tertiary/aromatic N) is 2. The summed E-state index contributed by atoms with van der Waals surface area (Å²) in [4.78, 5) is 8.09. The van der Waals surface area contributed by atoms with Crippen LogP contribution < -0.4 is 17.0 Å². The van der Waals surface area contributed by atoms with Crippen LogP contribution in [-0.2, 0) is 5.75 Å². The van der Waals surface area contributed by atoms with Crippen LogP contribution in [0.1, 0.15) is 26.5 Å². The number of rotatable bonds is 4. The summed E-state index contributed by atoms with van der Waals surface area (Å²) in [6.07, 6.45) is 2.06. The average molecular weight is 366 g/mol. The Hall–Kier alpha value is -1.17. The van der Waals surface area contributed by atoms with E-state index < -0.39 is 0 Å². The third-order valence-electron chi connectivity index (χ3n) is 3.07. The Morgan fingerprint density at radius 2 is 1.83 bits per heavy atom. The van der Waals surface area contributed by atoms with Gasteiger partial charge in [-0.3, -0.25) is 0 Å². The fourth-order valence-electron chi connectivity index (χ4n) is 2.12. The third-order valence-corrected chi connectivity index (χ3v) is 6.30. The molecule has 0 saturated heterocycles. The fourth-order valence-corrected chi connectivity index (χ4v) is 4.49. The van der Waals surface area contributed by atoms with Crippen molar-refractivity contribution in [3.8, 4) is 5.95 Å². The van der Waals surface area contributed by atoms with Crippen molar-refractivity contribution in [2.75, 3.05) is 0 Å². The zero-order chi connectivity index (χ0) is 15.6. The van der Waals surface area contributed by atoms with Crippen molar-refractivity contribution in [2.45, 2.75) is 31.3 Å². The van der Waals surface area contributed by atoms with E-state index in [0.717, 1.165) is 22.7 Å². The zero-order valence-electron chi connectivity index (χ0n) is 13.4. The molecule has 0 amide bonds. The maximum absolute atomic E-state index is 4.69. The van der Waals surface area contributed by atoms with Gasteiger partial charge < -0.3 is 12.4 Å². The Bertz CT molecular complexity index is 748. The highest BCUT2D eigenvalue weighted by Gasteiger charge is 2.17. The first-order chi connectivity index (χ1) is 10.5. The lowest BCUT2D eigenvalue weighted by Crippen LogP contribution is -3.00. The first-order valence-electron chi connectivity index (χ1n) is 7.28. The number of benzene rings is 1. The van der Waals surface area contributed by atoms with Gasteiger partial charge >= 0.3 is 5.95 Å². The molecule has 0 unspecified atom stereocenters. The van der Waals surface area contributed by atoms with Crippen molar-refractivity contribution < 1.29 is 17.0 Å². The standard InChI is InChI=1S/C17H20N3S2.ClH/c1-17(2,3)22-21-12-13-8-6-7-11-20(13)16-18-14-9-4-5-10-15(14)19-16;/h4-11H,12H2,1-3H3,(H,18,19);1H/q+1;/p-1. The summed E-state index contributed by atoms with van der Waals surface area (Å²) in [6.45, 7) is 6.72. The molecule has 0 atom stereocenters. The van der Waals surface area contributed by atoms with Crippen molar-refractivity contribution in [3.63, 3.8) is 0 Å². The van der Waals surface area contributed by atoms with Crippen molar-refractivity contribution in [1.29, 1.82) is 0 Å². The predicted octanol–water partition coefficient (Wildman–Crippen LogP) is 1.52. The van der Waals surface area contributed by atoms with Crippen LogP contribution in [0, 0.1) is 0 Å². The normalized spacial score (nSPS) is 11.4. The minimum Gasteiger partial charge on any atom is -1.00 e. The topological polar surface area (TPSA) is 32.6 Å². The molecule has 0 aliphatic heterocycles. The molecule has 0 radical (unpaired) electrons. The summed E-state index contributed by atoms with van der Waals surface area (Å²) in [7, 11) is 3.79. The Labute approximate surface area is 151 Å². The summed E-state index contributed by atoms with van der Waals surface area (Å²) < 4.78 is 2.40. The Morgan fingerprint density at radius 1 is 1.09 bits per heavy atom. The molecular weight excluding hydrogens is 346 g/mol. The van der Waals surface area contributed by atoms with Gasteiger partial charge in [0, 0.05) is 4.75 Å². The number of nitrogens with one attached hydrogen (secondary N) is 1. The van der Waals surface area contributed by atoms with Crippen molar-refractivity contribution in [2.24, 2.45) is 0 Å². The SMILES string of the molecule is CC(C)(C)SSCc1cccc[n+]1-c1nc2ccccc2[nH]1.[Cl-]. The Kier molecular flexibility index (Phi) is 6.00. The van der Waals surface area contributed by atoms with Gasteiger partial charge in [-0.2, -0.15) is 0 Å². The summed E-state index contributed by atoms with van der Waals surface area (Å²) in [5, 5.41) is 0. The minimum atomic E-state index is 0. The van der Waals surface area contributed by atoms with Crippen molar-refractivity contribution >= 4 is 32.6 Å². The molecule has 122 valence electrons. The summed E-state index contributed by atoms with van der Waals surface area (Å²) in [6, 6.07) is 14.4. The highest BCUT2D eigenvalue weighted by molar-refractivity contribution is 8.76. The van der Waals surface area contributed by atoms with Crippen LogP contribution in [0.15, 0.2) is 48.7 Å². The van der Waals surface area contributed by atoms with Crippen LogP contribution in [0.4, 0.5) is 0 Å². The smallest absolute Gasteiger partial charge is 0.402 e. The maximum atomic E-state index is 4.69. The van der Waals surface area contributed by atoms with Gasteiger partial charge in [-0.1, -0.05) is 65.5 Å². The van der Waals surface area contributed by atoms with E-state index in [-0.39, 0.29) is 17.2 Å². The van der Waals surface area contributed by atoms with E-state index in [4.69, 9.17) is 4.98 Å². The molecule has 0 bridgehead atoms. The first-order valence-corrected chi connectivity index (χ1v) is 9.60. The Balaban J connectivity index is 0.00000192. The van der Waals surface area contributed by atoms with Crippen LogP contribution in [0.3, 0.4) is 0 Å². The van der Waals surface area contributed by atoms with Crippen molar-refractivity contribution in [1.82, 2.24) is 9.97 Å². The van der Waals surface area contributed by atoms with Crippen LogP contribution >= 0.6 is 21.6 Å². The minimum absolute atomic E-state index is 0. The lowest BCUT2D eigenvalue weighted by Gasteiger charge is -2.16. The van der Waals surface area contributed by atoms with E-state index in [1.165, 1.54) is 5.69 Å². The first kappa shape index (κ1) is 18.2. The van der Waals surface area contributed by atoms with E-state index in [1.807, 2.05) is 45.9 Å². The summed E-state index contributed by atoms with van der Waals surface area (Å²) >= 11 is 0. The predicted molar refractivity (Wildman–Crippen MR) is 96.3 cm³/mol. The number of fused-ring (bicyclic) bond motifs is 1. The number of halogens is 1. The van der Waals surface area contributed by atoms with Crippen LogP contribution in [0.2, 0.25) is 0 Å². The second-order valence-corrected chi connectivity index (χ2v) is 9.22. The fraction of sp³-hybridized carbons (Fsp3) is 0.294. The molecule has 0 saturated carbocycles. The summed E-state index contributed by atoms with van der Waals surface area (Å²) in [5.74, 6) is 1.82. The average Bonchev–Trinajstić information content (AvgIpc) is 2.90. The van der Waals surface area contributed by atoms with Gasteiger partial charge in [0.1, 0.15) is 5.52 Å². The van der Waals surface area contributed by atoms with Gasteiger partial charge in [-0.05, 0) is 24.3 Å². The van der Waals surface area contributed by atoms with E-state index in [2.05, 4.69) is 54.7 Å². The van der Waals surface area contributed by atoms with Gasteiger partial charge in [0.25, 0.3) is 0 Å². The Morgan fingerprint density at radius 3 is 2.57 bits per heavy atom. The lowest BCUT2D eigenvalue weighted by molar-refractivity contribution is -0.610. The lowest BCUT2D eigenvalue weighted by atomic mass is 10.3. The molecule has 2 aromatic heterocycles. The molecule has 1 N–H and O–H groups in total. The van der Waals surface area contributed by atoms with Crippen LogP contribution in [0.25, 0.3) is 17.0 Å². The second-order valence-electron chi connectivity index (χ2n) is 6.10. The number of hydrogen-bond acceptors (Lipinski definition) is 3. The van der Waals surface area contributed by atoms with E-state index in [1.54, 1.807) is 0 Å². The molecule has 0 fully saturated rings. The van der Waals surface area contributed by atoms with Gasteiger partial charge in [-0.15, -0.1) is 0 Å². The zero-order valence-corrected chi connectivity index (χ0v) is 15.8. The van der Waals surface area contributed by atoms with Crippen LogP contribution in [0.5, 0.6) is 0 Å². The maximum Gasteiger partial charge on any atom is 0.402 e. The quantitative estimate of drug-likeness (QED) is 0.562. The number of H-pyrrole nitrogens is 1. The molecule has 3 nitrogen and oxygen atoms in total. The van der Waals surface area contributed by atoms with E-state index in [0.29, 0.717) is 0 Å². The molecule has 2 heterocycles. The molecular formula is C17H20ClN3S2. The molecule has 0 aliphatic rings. The molecule has 3 rings (SSSR count). The number of imidazole rings is 1.